The van der Waals surface area contributed by atoms with Gasteiger partial charge in [-0.15, -0.1) is 0 Å². The molecule has 0 aliphatic carbocycles. The quantitative estimate of drug-likeness (QED) is 0.682. The van der Waals surface area contributed by atoms with Crippen LogP contribution in [-0.2, 0) is 20.6 Å². The standard InChI is InChI=1S/C22H27ClN2O4S/c1-16(2)29-21-10-8-20(9-11-21)24-22(26)18-6-4-12-25(14-18)30(27,28)15-17-5-3-7-19(23)13-17/h3,5,7-11,13,16,18H,4,6,12,14-15H2,1-2H3,(H,24,26)/t18-/m1/s1. The number of hydrogen-bond acceptors (Lipinski definition) is 4. The van der Waals surface area contributed by atoms with E-state index in [1.54, 1.807) is 48.5 Å². The van der Waals surface area contributed by atoms with E-state index in [9.17, 15) is 13.2 Å². The summed E-state index contributed by atoms with van der Waals surface area (Å²) < 4.78 is 32.7. The lowest BCUT2D eigenvalue weighted by Gasteiger charge is -2.31. The normalized spacial score (nSPS) is 17.7. The summed E-state index contributed by atoms with van der Waals surface area (Å²) in [7, 11) is -3.53. The molecule has 2 aromatic carbocycles. The van der Waals surface area contributed by atoms with Gasteiger partial charge in [-0.3, -0.25) is 4.79 Å². The highest BCUT2D eigenvalue weighted by Crippen LogP contribution is 2.24. The van der Waals surface area contributed by atoms with E-state index in [1.165, 1.54) is 4.31 Å². The van der Waals surface area contributed by atoms with Crippen molar-refractivity contribution in [1.82, 2.24) is 4.31 Å². The summed E-state index contributed by atoms with van der Waals surface area (Å²) >= 11 is 5.97. The number of carbonyl (C=O) groups is 1. The molecule has 1 amide bonds. The Morgan fingerprint density at radius 1 is 1.23 bits per heavy atom. The molecule has 6 nitrogen and oxygen atoms in total. The predicted octanol–water partition coefficient (Wildman–Crippen LogP) is 4.31. The highest BCUT2D eigenvalue weighted by Gasteiger charge is 2.32. The Morgan fingerprint density at radius 3 is 2.63 bits per heavy atom. The second-order valence-corrected chi connectivity index (χ2v) is 10.2. The van der Waals surface area contributed by atoms with Crippen LogP contribution in [0.4, 0.5) is 5.69 Å². The molecule has 3 rings (SSSR count). The monoisotopic (exact) mass is 450 g/mol. The Morgan fingerprint density at radius 2 is 1.97 bits per heavy atom. The smallest absolute Gasteiger partial charge is 0.228 e. The number of nitrogens with zero attached hydrogens (tertiary/aromatic N) is 1. The van der Waals surface area contributed by atoms with Gasteiger partial charge < -0.3 is 10.1 Å². The van der Waals surface area contributed by atoms with Gasteiger partial charge in [-0.25, -0.2) is 12.7 Å². The molecule has 1 saturated heterocycles. The largest absolute Gasteiger partial charge is 0.491 e. The molecule has 1 atom stereocenters. The van der Waals surface area contributed by atoms with Gasteiger partial charge in [0.2, 0.25) is 15.9 Å². The maximum absolute atomic E-state index is 12.9. The van der Waals surface area contributed by atoms with Crippen molar-refractivity contribution in [2.75, 3.05) is 18.4 Å². The number of amides is 1. The van der Waals surface area contributed by atoms with Crippen LogP contribution in [0.3, 0.4) is 0 Å². The van der Waals surface area contributed by atoms with E-state index in [1.807, 2.05) is 13.8 Å². The molecule has 0 aromatic heterocycles. The Hall–Kier alpha value is -2.09. The summed E-state index contributed by atoms with van der Waals surface area (Å²) in [6.45, 7) is 4.51. The van der Waals surface area contributed by atoms with Crippen LogP contribution < -0.4 is 10.1 Å². The van der Waals surface area contributed by atoms with Crippen molar-refractivity contribution in [3.05, 3.63) is 59.1 Å². The van der Waals surface area contributed by atoms with Crippen LogP contribution in [0.5, 0.6) is 5.75 Å². The molecule has 0 spiro atoms. The van der Waals surface area contributed by atoms with Crippen molar-refractivity contribution in [3.63, 3.8) is 0 Å². The van der Waals surface area contributed by atoms with E-state index in [-0.39, 0.29) is 30.2 Å². The summed E-state index contributed by atoms with van der Waals surface area (Å²) in [5, 5.41) is 3.39. The van der Waals surface area contributed by atoms with Crippen LogP contribution in [0.15, 0.2) is 48.5 Å². The molecule has 0 radical (unpaired) electrons. The van der Waals surface area contributed by atoms with Crippen molar-refractivity contribution in [2.24, 2.45) is 5.92 Å². The molecule has 8 heteroatoms. The maximum Gasteiger partial charge on any atom is 0.228 e. The first-order valence-electron chi connectivity index (χ1n) is 10.0. The number of ether oxygens (including phenoxy) is 1. The molecule has 162 valence electrons. The van der Waals surface area contributed by atoms with Gasteiger partial charge >= 0.3 is 0 Å². The Kier molecular flexibility index (Phi) is 7.39. The fourth-order valence-electron chi connectivity index (χ4n) is 3.47. The summed E-state index contributed by atoms with van der Waals surface area (Å²) in [6.07, 6.45) is 1.38. The van der Waals surface area contributed by atoms with Gasteiger partial charge in [-0.2, -0.15) is 0 Å². The molecule has 1 N–H and O–H groups in total. The van der Waals surface area contributed by atoms with Gasteiger partial charge in [0.25, 0.3) is 0 Å². The highest BCUT2D eigenvalue weighted by atomic mass is 35.5. The van der Waals surface area contributed by atoms with Gasteiger partial charge in [-0.05, 0) is 68.7 Å². The number of carbonyl (C=O) groups excluding carboxylic acids is 1. The van der Waals surface area contributed by atoms with Gasteiger partial charge in [0.15, 0.2) is 0 Å². The minimum absolute atomic E-state index is 0.0764. The first kappa shape index (κ1) is 22.6. The number of rotatable bonds is 7. The van der Waals surface area contributed by atoms with Crippen LogP contribution in [0.2, 0.25) is 5.02 Å². The average molecular weight is 451 g/mol. The first-order chi connectivity index (χ1) is 14.2. The lowest BCUT2D eigenvalue weighted by Crippen LogP contribution is -2.44. The lowest BCUT2D eigenvalue weighted by molar-refractivity contribution is -0.120. The van der Waals surface area contributed by atoms with Gasteiger partial charge in [0.05, 0.1) is 17.8 Å². The Balaban J connectivity index is 1.61. The third-order valence-corrected chi connectivity index (χ3v) is 6.93. The number of sulfonamides is 1. The molecule has 1 aliphatic heterocycles. The molecule has 1 fully saturated rings. The van der Waals surface area contributed by atoms with Crippen molar-refractivity contribution < 1.29 is 17.9 Å². The molecular formula is C22H27ClN2O4S. The number of nitrogens with one attached hydrogen (secondary N) is 1. The van der Waals surface area contributed by atoms with Crippen LogP contribution in [0, 0.1) is 5.92 Å². The Bertz CT molecular complexity index is 977. The van der Waals surface area contributed by atoms with E-state index < -0.39 is 10.0 Å². The van der Waals surface area contributed by atoms with E-state index in [4.69, 9.17) is 16.3 Å². The SMILES string of the molecule is CC(C)Oc1ccc(NC(=O)[C@@H]2CCCN(S(=O)(=O)Cc3cccc(Cl)c3)C2)cc1. The van der Waals surface area contributed by atoms with E-state index in [0.717, 1.165) is 5.75 Å². The molecule has 0 saturated carbocycles. The predicted molar refractivity (Wildman–Crippen MR) is 119 cm³/mol. The summed E-state index contributed by atoms with van der Waals surface area (Å²) in [5.41, 5.74) is 1.30. The molecule has 2 aromatic rings. The van der Waals surface area contributed by atoms with Gasteiger partial charge in [0, 0.05) is 23.8 Å². The fraction of sp³-hybridized carbons (Fsp3) is 0.409. The van der Waals surface area contributed by atoms with E-state index in [2.05, 4.69) is 5.32 Å². The molecule has 1 aliphatic rings. The molecule has 30 heavy (non-hydrogen) atoms. The summed E-state index contributed by atoms with van der Waals surface area (Å²) in [5.74, 6) is 0.0489. The zero-order valence-corrected chi connectivity index (χ0v) is 18.7. The maximum atomic E-state index is 12.9. The summed E-state index contributed by atoms with van der Waals surface area (Å²) in [4.78, 5) is 12.7. The number of piperidine rings is 1. The fourth-order valence-corrected chi connectivity index (χ4v) is 5.28. The first-order valence-corrected chi connectivity index (χ1v) is 12.0. The van der Waals surface area contributed by atoms with Gasteiger partial charge in [0.1, 0.15) is 5.75 Å². The number of hydrogen-bond donors (Lipinski definition) is 1. The van der Waals surface area contributed by atoms with Crippen molar-refractivity contribution >= 4 is 33.2 Å². The lowest BCUT2D eigenvalue weighted by atomic mass is 9.99. The Labute approximate surface area is 183 Å². The molecule has 0 unspecified atom stereocenters. The topological polar surface area (TPSA) is 75.7 Å². The van der Waals surface area contributed by atoms with Crippen LogP contribution in [-0.4, -0.2) is 37.8 Å². The third-order valence-electron chi connectivity index (χ3n) is 4.88. The van der Waals surface area contributed by atoms with Crippen molar-refractivity contribution in [2.45, 2.75) is 38.5 Å². The number of benzene rings is 2. The minimum Gasteiger partial charge on any atom is -0.491 e. The zero-order valence-electron chi connectivity index (χ0n) is 17.2. The van der Waals surface area contributed by atoms with E-state index in [0.29, 0.717) is 35.7 Å². The molecule has 1 heterocycles. The van der Waals surface area contributed by atoms with Crippen LogP contribution in [0.25, 0.3) is 0 Å². The van der Waals surface area contributed by atoms with Crippen molar-refractivity contribution in [3.8, 4) is 5.75 Å². The number of halogens is 1. The highest BCUT2D eigenvalue weighted by molar-refractivity contribution is 7.88. The van der Waals surface area contributed by atoms with Crippen LogP contribution >= 0.6 is 11.6 Å². The molecular weight excluding hydrogens is 424 g/mol. The van der Waals surface area contributed by atoms with E-state index >= 15 is 0 Å². The zero-order chi connectivity index (χ0) is 21.7. The van der Waals surface area contributed by atoms with Gasteiger partial charge in [-0.1, -0.05) is 23.7 Å². The van der Waals surface area contributed by atoms with Crippen LogP contribution in [0.1, 0.15) is 32.3 Å². The second kappa shape index (κ2) is 9.81. The van der Waals surface area contributed by atoms with Crippen molar-refractivity contribution in [1.29, 1.82) is 0 Å². The third kappa shape index (κ3) is 6.20. The number of anilines is 1. The second-order valence-electron chi connectivity index (χ2n) is 7.76. The summed E-state index contributed by atoms with van der Waals surface area (Å²) in [6, 6.07) is 14.0. The minimum atomic E-state index is -3.53. The molecule has 0 bridgehead atoms. The average Bonchev–Trinajstić information content (AvgIpc) is 2.69.